The fourth-order valence-corrected chi connectivity index (χ4v) is 3.05. The number of benzene rings is 1. The third-order valence-corrected chi connectivity index (χ3v) is 4.33. The number of hydrogen-bond acceptors (Lipinski definition) is 3. The summed E-state index contributed by atoms with van der Waals surface area (Å²) in [4.78, 5) is 15.7. The lowest BCUT2D eigenvalue weighted by Crippen LogP contribution is -1.98. The molecule has 0 unspecified atom stereocenters. The molecule has 1 aromatic heterocycles. The Bertz CT molecular complexity index is 553. The van der Waals surface area contributed by atoms with Crippen molar-refractivity contribution in [2.45, 2.75) is 6.42 Å². The second-order valence-corrected chi connectivity index (χ2v) is 5.58. The summed E-state index contributed by atoms with van der Waals surface area (Å²) in [6.45, 7) is 0. The van der Waals surface area contributed by atoms with Crippen LogP contribution in [0.2, 0.25) is 5.02 Å². The molecule has 6 heteroatoms. The van der Waals surface area contributed by atoms with E-state index in [0.717, 1.165) is 10.6 Å². The Morgan fingerprint density at radius 3 is 2.65 bits per heavy atom. The molecule has 0 aliphatic carbocycles. The van der Waals surface area contributed by atoms with Crippen molar-refractivity contribution in [2.24, 2.45) is 0 Å². The van der Waals surface area contributed by atoms with Crippen LogP contribution in [0.1, 0.15) is 4.88 Å². The predicted octanol–water partition coefficient (Wildman–Crippen LogP) is 3.85. The Morgan fingerprint density at radius 1 is 1.41 bits per heavy atom. The van der Waals surface area contributed by atoms with Gasteiger partial charge in [-0.15, -0.1) is 11.3 Å². The van der Waals surface area contributed by atoms with Crippen molar-refractivity contribution < 1.29 is 9.90 Å². The van der Waals surface area contributed by atoms with E-state index in [1.807, 2.05) is 12.1 Å². The van der Waals surface area contributed by atoms with Gasteiger partial charge in [0.15, 0.2) is 0 Å². The number of aliphatic carboxylic acids is 1. The van der Waals surface area contributed by atoms with Crippen LogP contribution in [-0.2, 0) is 11.2 Å². The van der Waals surface area contributed by atoms with Gasteiger partial charge in [-0.05, 0) is 28.1 Å². The van der Waals surface area contributed by atoms with Crippen molar-refractivity contribution in [1.29, 1.82) is 0 Å². The van der Waals surface area contributed by atoms with Crippen LogP contribution in [0.25, 0.3) is 10.6 Å². The van der Waals surface area contributed by atoms with Gasteiger partial charge in [-0.25, -0.2) is 4.98 Å². The smallest absolute Gasteiger partial charge is 0.308 e. The summed E-state index contributed by atoms with van der Waals surface area (Å²) in [5.41, 5.74) is 0.928. The van der Waals surface area contributed by atoms with E-state index < -0.39 is 5.97 Å². The van der Waals surface area contributed by atoms with Gasteiger partial charge in [0.05, 0.1) is 11.3 Å². The molecule has 0 aliphatic rings. The molecule has 0 atom stereocenters. The first-order valence-electron chi connectivity index (χ1n) is 4.69. The van der Waals surface area contributed by atoms with Gasteiger partial charge in [0, 0.05) is 10.6 Å². The highest BCUT2D eigenvalue weighted by atomic mass is 79.9. The average molecular weight is 333 g/mol. The lowest BCUT2D eigenvalue weighted by molar-refractivity contribution is -0.136. The minimum atomic E-state index is -0.864. The maximum atomic E-state index is 10.7. The second kappa shape index (κ2) is 5.16. The average Bonchev–Trinajstić information content (AvgIpc) is 2.60. The molecule has 0 aliphatic heterocycles. The van der Waals surface area contributed by atoms with Gasteiger partial charge in [-0.1, -0.05) is 23.7 Å². The summed E-state index contributed by atoms with van der Waals surface area (Å²) in [5.74, 6) is -0.864. The molecule has 1 aromatic carbocycles. The van der Waals surface area contributed by atoms with E-state index in [1.54, 1.807) is 12.1 Å². The van der Waals surface area contributed by atoms with Gasteiger partial charge >= 0.3 is 5.97 Å². The molecule has 0 saturated heterocycles. The van der Waals surface area contributed by atoms with Crippen LogP contribution in [0.3, 0.4) is 0 Å². The molecule has 0 spiro atoms. The van der Waals surface area contributed by atoms with Gasteiger partial charge < -0.3 is 5.11 Å². The molecule has 1 heterocycles. The molecule has 2 aromatic rings. The number of rotatable bonds is 3. The monoisotopic (exact) mass is 331 g/mol. The maximum absolute atomic E-state index is 10.7. The normalized spacial score (nSPS) is 10.5. The lowest BCUT2D eigenvalue weighted by Gasteiger charge is -1.95. The minimum Gasteiger partial charge on any atom is -0.481 e. The topological polar surface area (TPSA) is 50.2 Å². The number of aromatic nitrogens is 1. The van der Waals surface area contributed by atoms with Crippen molar-refractivity contribution in [3.05, 3.63) is 38.8 Å². The largest absolute Gasteiger partial charge is 0.481 e. The number of hydrogen-bond donors (Lipinski definition) is 1. The van der Waals surface area contributed by atoms with Crippen LogP contribution in [0.4, 0.5) is 0 Å². The third kappa shape index (κ3) is 3.06. The van der Waals surface area contributed by atoms with Gasteiger partial charge in [0.1, 0.15) is 9.61 Å². The van der Waals surface area contributed by atoms with E-state index in [-0.39, 0.29) is 6.42 Å². The zero-order valence-corrected chi connectivity index (χ0v) is 11.6. The van der Waals surface area contributed by atoms with Crippen molar-refractivity contribution in [3.63, 3.8) is 0 Å². The van der Waals surface area contributed by atoms with E-state index in [4.69, 9.17) is 16.7 Å². The van der Waals surface area contributed by atoms with Crippen molar-refractivity contribution >= 4 is 44.8 Å². The molecule has 0 bridgehead atoms. The number of carboxylic acid groups (broad SMARTS) is 1. The highest BCUT2D eigenvalue weighted by Crippen LogP contribution is 2.31. The molecule has 0 fully saturated rings. The molecule has 1 N–H and O–H groups in total. The predicted molar refractivity (Wildman–Crippen MR) is 71.6 cm³/mol. The fraction of sp³-hybridized carbons (Fsp3) is 0.0909. The van der Waals surface area contributed by atoms with Crippen LogP contribution in [0.15, 0.2) is 28.9 Å². The van der Waals surface area contributed by atoms with Crippen LogP contribution < -0.4 is 0 Å². The van der Waals surface area contributed by atoms with Crippen LogP contribution >= 0.6 is 38.9 Å². The number of halogens is 2. The van der Waals surface area contributed by atoms with E-state index in [2.05, 4.69) is 20.9 Å². The first kappa shape index (κ1) is 12.5. The van der Waals surface area contributed by atoms with Crippen molar-refractivity contribution in [3.8, 4) is 10.6 Å². The third-order valence-electron chi connectivity index (χ3n) is 2.05. The standard InChI is InChI=1S/C11H7BrClNO2S/c12-10-8(5-9(15)16)17-11(14-10)6-1-3-7(13)4-2-6/h1-4H,5H2,(H,15,16). The zero-order valence-electron chi connectivity index (χ0n) is 8.48. The Labute approximate surface area is 115 Å². The van der Waals surface area contributed by atoms with E-state index >= 15 is 0 Å². The number of nitrogens with zero attached hydrogens (tertiary/aromatic N) is 1. The fourth-order valence-electron chi connectivity index (χ4n) is 1.30. The van der Waals surface area contributed by atoms with Crippen molar-refractivity contribution in [2.75, 3.05) is 0 Å². The quantitative estimate of drug-likeness (QED) is 0.928. The Kier molecular flexibility index (Phi) is 3.81. The van der Waals surface area contributed by atoms with E-state index in [9.17, 15) is 4.79 Å². The highest BCUT2D eigenvalue weighted by Gasteiger charge is 2.13. The molecular formula is C11H7BrClNO2S. The molecule has 0 radical (unpaired) electrons. The maximum Gasteiger partial charge on any atom is 0.308 e. The van der Waals surface area contributed by atoms with E-state index in [0.29, 0.717) is 14.5 Å². The van der Waals surface area contributed by atoms with Gasteiger partial charge in [-0.2, -0.15) is 0 Å². The number of carbonyl (C=O) groups is 1. The Morgan fingerprint density at radius 2 is 2.06 bits per heavy atom. The second-order valence-electron chi connectivity index (χ2n) is 3.31. The molecule has 3 nitrogen and oxygen atoms in total. The Hall–Kier alpha value is -0.910. The summed E-state index contributed by atoms with van der Waals surface area (Å²) >= 11 is 10.4. The molecule has 0 saturated carbocycles. The summed E-state index contributed by atoms with van der Waals surface area (Å²) in [6.07, 6.45) is -0.0220. The number of thiazole rings is 1. The summed E-state index contributed by atoms with van der Waals surface area (Å²) in [7, 11) is 0. The van der Waals surface area contributed by atoms with Crippen LogP contribution in [0.5, 0.6) is 0 Å². The first-order chi connectivity index (χ1) is 8.06. The van der Waals surface area contributed by atoms with Gasteiger partial charge in [0.25, 0.3) is 0 Å². The van der Waals surface area contributed by atoms with Gasteiger partial charge in [0.2, 0.25) is 0 Å². The van der Waals surface area contributed by atoms with Crippen LogP contribution in [-0.4, -0.2) is 16.1 Å². The molecule has 88 valence electrons. The molecular weight excluding hydrogens is 326 g/mol. The molecule has 0 amide bonds. The summed E-state index contributed by atoms with van der Waals surface area (Å²) in [6, 6.07) is 7.28. The minimum absolute atomic E-state index is 0.0220. The van der Waals surface area contributed by atoms with Crippen LogP contribution in [0, 0.1) is 0 Å². The first-order valence-corrected chi connectivity index (χ1v) is 6.68. The zero-order chi connectivity index (χ0) is 12.4. The SMILES string of the molecule is O=C(O)Cc1sc(-c2ccc(Cl)cc2)nc1Br. The van der Waals surface area contributed by atoms with Gasteiger partial charge in [-0.3, -0.25) is 4.79 Å². The van der Waals surface area contributed by atoms with E-state index in [1.165, 1.54) is 11.3 Å². The summed E-state index contributed by atoms with van der Waals surface area (Å²) < 4.78 is 0.592. The van der Waals surface area contributed by atoms with Crippen molar-refractivity contribution in [1.82, 2.24) is 4.98 Å². The Balaban J connectivity index is 2.34. The summed E-state index contributed by atoms with van der Waals surface area (Å²) in [5, 5.41) is 10.2. The molecule has 2 rings (SSSR count). The highest BCUT2D eigenvalue weighted by molar-refractivity contribution is 9.10. The molecule has 17 heavy (non-hydrogen) atoms. The number of carboxylic acids is 1. The lowest BCUT2D eigenvalue weighted by atomic mass is 10.2.